The summed E-state index contributed by atoms with van der Waals surface area (Å²) in [4.78, 5) is 14.8. The van der Waals surface area contributed by atoms with Crippen molar-refractivity contribution in [3.8, 4) is 5.75 Å². The molecule has 2 aromatic rings. The summed E-state index contributed by atoms with van der Waals surface area (Å²) in [7, 11) is 2.01. The Morgan fingerprint density at radius 1 is 1.19 bits per heavy atom. The summed E-state index contributed by atoms with van der Waals surface area (Å²) in [5, 5.41) is 6.28. The number of anilines is 2. The molecule has 1 atom stereocenters. The van der Waals surface area contributed by atoms with Crippen molar-refractivity contribution in [2.75, 3.05) is 37.0 Å². The number of rotatable bonds is 7. The molecule has 5 heteroatoms. The van der Waals surface area contributed by atoms with Gasteiger partial charge in [0, 0.05) is 37.5 Å². The molecule has 0 aliphatic carbocycles. The molecule has 1 aliphatic rings. The molecule has 1 unspecified atom stereocenters. The van der Waals surface area contributed by atoms with Crippen LogP contribution >= 0.6 is 0 Å². The molecule has 1 aliphatic heterocycles. The second-order valence-corrected chi connectivity index (χ2v) is 7.45. The summed E-state index contributed by atoms with van der Waals surface area (Å²) < 4.78 is 5.66. The molecular weight excluding hydrogens is 338 g/mol. The minimum atomic E-state index is -0.116. The molecule has 27 heavy (non-hydrogen) atoms. The van der Waals surface area contributed by atoms with Gasteiger partial charge in [-0.1, -0.05) is 13.8 Å². The van der Waals surface area contributed by atoms with Crippen molar-refractivity contribution >= 4 is 17.3 Å². The molecule has 146 valence electrons. The Bertz CT molecular complexity index is 747. The average Bonchev–Trinajstić information content (AvgIpc) is 3.16. The number of benzene rings is 2. The predicted molar refractivity (Wildman–Crippen MR) is 113 cm³/mol. The van der Waals surface area contributed by atoms with Crippen LogP contribution in [-0.2, 0) is 0 Å². The van der Waals surface area contributed by atoms with E-state index in [2.05, 4.69) is 41.5 Å². The predicted octanol–water partition coefficient (Wildman–Crippen LogP) is 4.02. The van der Waals surface area contributed by atoms with Gasteiger partial charge in [-0.15, -0.1) is 0 Å². The molecule has 0 radical (unpaired) electrons. The van der Waals surface area contributed by atoms with Crippen LogP contribution in [0.4, 0.5) is 11.4 Å². The van der Waals surface area contributed by atoms with Crippen molar-refractivity contribution in [2.24, 2.45) is 5.92 Å². The fourth-order valence-corrected chi connectivity index (χ4v) is 3.15. The maximum Gasteiger partial charge on any atom is 0.255 e. The van der Waals surface area contributed by atoms with Gasteiger partial charge in [-0.2, -0.15) is 0 Å². The highest BCUT2D eigenvalue weighted by atomic mass is 16.5. The van der Waals surface area contributed by atoms with E-state index in [0.29, 0.717) is 24.1 Å². The largest absolute Gasteiger partial charge is 0.493 e. The van der Waals surface area contributed by atoms with Gasteiger partial charge in [0.25, 0.3) is 5.91 Å². The number of amides is 1. The minimum absolute atomic E-state index is 0. The Morgan fingerprint density at radius 3 is 2.48 bits per heavy atom. The number of carbonyl (C=O) groups excluding carboxylic acids is 1. The smallest absolute Gasteiger partial charge is 0.255 e. The minimum Gasteiger partial charge on any atom is -0.493 e. The molecule has 2 N–H and O–H groups in total. The van der Waals surface area contributed by atoms with Crippen molar-refractivity contribution in [1.82, 2.24) is 5.32 Å². The van der Waals surface area contributed by atoms with Gasteiger partial charge in [-0.3, -0.25) is 4.79 Å². The van der Waals surface area contributed by atoms with Crippen LogP contribution in [0, 0.1) is 5.92 Å². The Kier molecular flexibility index (Phi) is 6.35. The lowest BCUT2D eigenvalue weighted by Gasteiger charge is -2.19. The van der Waals surface area contributed by atoms with Gasteiger partial charge in [0.05, 0.1) is 6.61 Å². The van der Waals surface area contributed by atoms with E-state index < -0.39 is 0 Å². The van der Waals surface area contributed by atoms with E-state index in [1.54, 1.807) is 12.1 Å². The molecule has 2 aromatic carbocycles. The molecule has 3 rings (SSSR count). The van der Waals surface area contributed by atoms with Gasteiger partial charge in [0.2, 0.25) is 0 Å². The van der Waals surface area contributed by atoms with E-state index in [1.807, 2.05) is 31.3 Å². The molecule has 1 saturated heterocycles. The Hall–Kier alpha value is -2.53. The third-order valence-electron chi connectivity index (χ3n) is 4.79. The zero-order valence-corrected chi connectivity index (χ0v) is 16.4. The number of ether oxygens (including phenoxy) is 1. The summed E-state index contributed by atoms with van der Waals surface area (Å²) in [6.07, 6.45) is 1.16. The van der Waals surface area contributed by atoms with Gasteiger partial charge >= 0.3 is 0 Å². The highest BCUT2D eigenvalue weighted by Crippen LogP contribution is 2.23. The first kappa shape index (κ1) is 19.2. The summed E-state index contributed by atoms with van der Waals surface area (Å²) >= 11 is 0. The quantitative estimate of drug-likeness (QED) is 0.774. The number of nitrogens with one attached hydrogen (secondary N) is 2. The molecule has 0 aromatic heterocycles. The first-order valence-electron chi connectivity index (χ1n) is 9.61. The number of carbonyl (C=O) groups is 1. The van der Waals surface area contributed by atoms with Gasteiger partial charge in [0.1, 0.15) is 5.75 Å². The van der Waals surface area contributed by atoms with Gasteiger partial charge in [-0.25, -0.2) is 0 Å². The fraction of sp³-hybridized carbons (Fsp3) is 0.409. The van der Waals surface area contributed by atoms with Crippen LogP contribution in [0.25, 0.3) is 0 Å². The molecule has 5 nitrogen and oxygen atoms in total. The Labute approximate surface area is 163 Å². The summed E-state index contributed by atoms with van der Waals surface area (Å²) in [6.45, 7) is 6.96. The number of likely N-dealkylation sites (N-methyl/N-ethyl adjacent to an activating group) is 1. The monoisotopic (exact) mass is 369 g/mol. The molecule has 0 spiro atoms. The highest BCUT2D eigenvalue weighted by Gasteiger charge is 2.20. The van der Waals surface area contributed by atoms with Crippen LogP contribution in [0.1, 0.15) is 32.1 Å². The van der Waals surface area contributed by atoms with E-state index in [-0.39, 0.29) is 7.33 Å². The van der Waals surface area contributed by atoms with E-state index >= 15 is 0 Å². The molecule has 1 fully saturated rings. The van der Waals surface area contributed by atoms with Crippen LogP contribution in [-0.4, -0.2) is 38.7 Å². The zero-order valence-electron chi connectivity index (χ0n) is 16.4. The maximum absolute atomic E-state index is 12.4. The molecule has 1 amide bonds. The summed E-state index contributed by atoms with van der Waals surface area (Å²) in [6, 6.07) is 15.9. The second kappa shape index (κ2) is 8.91. The van der Waals surface area contributed by atoms with Gasteiger partial charge in [-0.05, 0) is 67.9 Å². The van der Waals surface area contributed by atoms with Crippen molar-refractivity contribution in [3.05, 3.63) is 54.1 Å². The van der Waals surface area contributed by atoms with Crippen LogP contribution in [0.3, 0.4) is 0 Å². The number of hydrogen-bond donors (Lipinski definition) is 2. The van der Waals surface area contributed by atoms with Crippen molar-refractivity contribution in [1.29, 1.82) is 0 Å². The molecular formula is C22H31N3O2. The van der Waals surface area contributed by atoms with Crippen LogP contribution < -0.4 is 20.3 Å². The van der Waals surface area contributed by atoms with Crippen molar-refractivity contribution in [2.45, 2.75) is 26.3 Å². The zero-order chi connectivity index (χ0) is 19.2. The average molecular weight is 370 g/mol. The summed E-state index contributed by atoms with van der Waals surface area (Å²) in [5.74, 6) is 1.14. The lowest BCUT2D eigenvalue weighted by molar-refractivity contribution is 0.102. The van der Waals surface area contributed by atoms with Crippen molar-refractivity contribution < 1.29 is 11.0 Å². The van der Waals surface area contributed by atoms with Crippen LogP contribution in [0.15, 0.2) is 48.5 Å². The van der Waals surface area contributed by atoms with Crippen molar-refractivity contribution in [3.63, 3.8) is 0 Å². The first-order chi connectivity index (χ1) is 13.0. The number of hydrogen-bond acceptors (Lipinski definition) is 4. The van der Waals surface area contributed by atoms with Crippen LogP contribution in [0.2, 0.25) is 0 Å². The Balaban J connectivity index is 0.00000280. The van der Waals surface area contributed by atoms with E-state index in [0.717, 1.165) is 30.9 Å². The molecule has 1 heterocycles. The fourth-order valence-electron chi connectivity index (χ4n) is 3.15. The van der Waals surface area contributed by atoms with E-state index in [9.17, 15) is 4.79 Å². The normalized spacial score (nSPS) is 16.6. The topological polar surface area (TPSA) is 53.6 Å². The SMILES string of the molecule is CNC1CCN(c2ccc(NC(=O)c3ccc(OCC(C)C)cc3)cc2)C1.[HH]. The molecule has 0 saturated carbocycles. The number of nitrogens with zero attached hydrogens (tertiary/aromatic N) is 1. The lowest BCUT2D eigenvalue weighted by atomic mass is 10.2. The first-order valence-corrected chi connectivity index (χ1v) is 9.61. The van der Waals surface area contributed by atoms with Gasteiger partial charge in [0.15, 0.2) is 0 Å². The van der Waals surface area contributed by atoms with Crippen LogP contribution in [0.5, 0.6) is 5.75 Å². The standard InChI is InChI=1S/C22H29N3O2.H2/c1-16(2)15-27-21-10-4-17(5-11-21)22(26)24-18-6-8-20(9-7-18)25-13-12-19(14-25)23-3;/h4-11,16,19,23H,12-15H2,1-3H3,(H,24,26);1H. The maximum atomic E-state index is 12.4. The highest BCUT2D eigenvalue weighted by molar-refractivity contribution is 6.04. The third kappa shape index (κ3) is 5.23. The lowest BCUT2D eigenvalue weighted by Crippen LogP contribution is -2.29. The third-order valence-corrected chi connectivity index (χ3v) is 4.79. The summed E-state index contributed by atoms with van der Waals surface area (Å²) in [5.41, 5.74) is 2.61. The van der Waals surface area contributed by atoms with Gasteiger partial charge < -0.3 is 20.3 Å². The Morgan fingerprint density at radius 2 is 1.89 bits per heavy atom. The second-order valence-electron chi connectivity index (χ2n) is 7.45. The molecule has 0 bridgehead atoms. The van der Waals surface area contributed by atoms with E-state index in [4.69, 9.17) is 4.74 Å². The van der Waals surface area contributed by atoms with E-state index in [1.165, 1.54) is 5.69 Å².